The molecule has 0 saturated carbocycles. The molecule has 33 heavy (non-hydrogen) atoms. The number of carbonyl (C=O) groups is 2. The van der Waals surface area contributed by atoms with E-state index in [1.165, 1.54) is 0 Å². The topological polar surface area (TPSA) is 137 Å². The second-order valence-electron chi connectivity index (χ2n) is 7.68. The summed E-state index contributed by atoms with van der Waals surface area (Å²) in [5.41, 5.74) is 16.2. The van der Waals surface area contributed by atoms with E-state index in [1.807, 2.05) is 65.2 Å². The first-order valence-electron chi connectivity index (χ1n) is 10.3. The summed E-state index contributed by atoms with van der Waals surface area (Å²) in [6, 6.07) is 20.9. The molecule has 2 heterocycles. The highest BCUT2D eigenvalue weighted by Gasteiger charge is 2.35. The lowest BCUT2D eigenvalue weighted by Gasteiger charge is -2.20. The van der Waals surface area contributed by atoms with E-state index >= 15 is 0 Å². The number of amides is 2. The van der Waals surface area contributed by atoms with Crippen LogP contribution in [0.15, 0.2) is 84.0 Å². The largest absolute Gasteiger partial charge is 0.370 e. The predicted octanol–water partition coefficient (Wildman–Crippen LogP) is 2.37. The molecule has 168 valence electrons. The van der Waals surface area contributed by atoms with Crippen LogP contribution in [0.3, 0.4) is 0 Å². The summed E-state index contributed by atoms with van der Waals surface area (Å²) in [5.74, 6) is -1.07. The van der Waals surface area contributed by atoms with Crippen molar-refractivity contribution in [2.24, 2.45) is 16.5 Å². The third kappa shape index (κ3) is 4.78. The van der Waals surface area contributed by atoms with Crippen LogP contribution in [0.1, 0.15) is 6.92 Å². The summed E-state index contributed by atoms with van der Waals surface area (Å²) in [5, 5.41) is 2.87. The van der Waals surface area contributed by atoms with E-state index in [0.717, 1.165) is 22.5 Å². The van der Waals surface area contributed by atoms with Gasteiger partial charge in [0, 0.05) is 28.8 Å². The molecule has 1 aliphatic rings. The summed E-state index contributed by atoms with van der Waals surface area (Å²) in [7, 11) is 0. The molecule has 0 fully saturated rings. The number of hydroxylamine groups is 1. The van der Waals surface area contributed by atoms with Gasteiger partial charge in [-0.1, -0.05) is 42.5 Å². The Morgan fingerprint density at radius 3 is 2.39 bits per heavy atom. The average molecular weight is 444 g/mol. The molecule has 9 nitrogen and oxygen atoms in total. The minimum atomic E-state index is -1.11. The van der Waals surface area contributed by atoms with Crippen molar-refractivity contribution >= 4 is 23.5 Å². The molecule has 4 rings (SSSR count). The van der Waals surface area contributed by atoms with Crippen LogP contribution in [0.25, 0.3) is 22.5 Å². The fourth-order valence-electron chi connectivity index (χ4n) is 3.58. The van der Waals surface area contributed by atoms with Crippen LogP contribution in [-0.4, -0.2) is 27.9 Å². The zero-order valence-corrected chi connectivity index (χ0v) is 18.0. The number of nitrogens with two attached hydrogens (primary N) is 2. The molecule has 6 N–H and O–H groups in total. The van der Waals surface area contributed by atoms with Gasteiger partial charge >= 0.3 is 0 Å². The second kappa shape index (κ2) is 9.01. The SMILES string of the molecule is CC1(C(=O)Nc2cccc(-c3ccc(-c4ccccc4)n3CC(=O)N=C(N)N)c2)C=CNO1. The summed E-state index contributed by atoms with van der Waals surface area (Å²) in [6.07, 6.45) is 3.21. The van der Waals surface area contributed by atoms with E-state index in [-0.39, 0.29) is 18.4 Å². The maximum Gasteiger partial charge on any atom is 0.268 e. The monoisotopic (exact) mass is 444 g/mol. The van der Waals surface area contributed by atoms with Gasteiger partial charge in [-0.05, 0) is 42.8 Å². The molecule has 2 aromatic carbocycles. The van der Waals surface area contributed by atoms with E-state index in [9.17, 15) is 9.59 Å². The molecule has 1 atom stereocenters. The number of carbonyl (C=O) groups excluding carboxylic acids is 2. The lowest BCUT2D eigenvalue weighted by atomic mass is 10.1. The molecule has 1 unspecified atom stereocenters. The first-order valence-corrected chi connectivity index (χ1v) is 10.3. The minimum absolute atomic E-state index is 0.0522. The third-order valence-electron chi connectivity index (χ3n) is 5.20. The average Bonchev–Trinajstić information content (AvgIpc) is 3.41. The number of rotatable bonds is 6. The summed E-state index contributed by atoms with van der Waals surface area (Å²) < 4.78 is 1.85. The maximum absolute atomic E-state index is 12.7. The molecule has 2 amide bonds. The Hall–Kier alpha value is -4.37. The van der Waals surface area contributed by atoms with E-state index in [2.05, 4.69) is 15.8 Å². The zero-order chi connectivity index (χ0) is 23.4. The van der Waals surface area contributed by atoms with Crippen molar-refractivity contribution < 1.29 is 14.4 Å². The van der Waals surface area contributed by atoms with Crippen molar-refractivity contribution in [2.75, 3.05) is 5.32 Å². The molecule has 9 heteroatoms. The fraction of sp³-hybridized carbons (Fsp3) is 0.125. The normalized spacial score (nSPS) is 16.8. The third-order valence-corrected chi connectivity index (χ3v) is 5.20. The molecule has 3 aromatic rings. The van der Waals surface area contributed by atoms with Crippen molar-refractivity contribution in [2.45, 2.75) is 19.1 Å². The van der Waals surface area contributed by atoms with Crippen molar-refractivity contribution in [3.8, 4) is 22.5 Å². The molecule has 0 spiro atoms. The van der Waals surface area contributed by atoms with Crippen molar-refractivity contribution in [1.29, 1.82) is 0 Å². The number of anilines is 1. The highest BCUT2D eigenvalue weighted by Crippen LogP contribution is 2.31. The van der Waals surface area contributed by atoms with Gasteiger partial charge in [0.25, 0.3) is 11.8 Å². The number of nitrogens with zero attached hydrogens (tertiary/aromatic N) is 2. The lowest BCUT2D eigenvalue weighted by molar-refractivity contribution is -0.136. The van der Waals surface area contributed by atoms with Gasteiger partial charge in [0.05, 0.1) is 0 Å². The summed E-state index contributed by atoms with van der Waals surface area (Å²) in [6.45, 7) is 1.61. The van der Waals surface area contributed by atoms with Crippen molar-refractivity contribution in [3.05, 3.63) is 79.0 Å². The van der Waals surface area contributed by atoms with Gasteiger partial charge in [0.15, 0.2) is 11.6 Å². The first kappa shape index (κ1) is 21.8. The highest BCUT2D eigenvalue weighted by atomic mass is 16.7. The number of benzene rings is 2. The van der Waals surface area contributed by atoms with Gasteiger partial charge in [0.1, 0.15) is 6.54 Å². The molecule has 0 radical (unpaired) electrons. The van der Waals surface area contributed by atoms with E-state index in [1.54, 1.807) is 25.3 Å². The molecular weight excluding hydrogens is 420 g/mol. The van der Waals surface area contributed by atoms with Crippen molar-refractivity contribution in [1.82, 2.24) is 10.0 Å². The van der Waals surface area contributed by atoms with Crippen LogP contribution < -0.4 is 22.3 Å². The molecule has 0 aliphatic carbocycles. The highest BCUT2D eigenvalue weighted by molar-refractivity contribution is 5.99. The van der Waals surface area contributed by atoms with Crippen molar-refractivity contribution in [3.63, 3.8) is 0 Å². The zero-order valence-electron chi connectivity index (χ0n) is 18.0. The van der Waals surface area contributed by atoms with Gasteiger partial charge in [-0.2, -0.15) is 4.99 Å². The van der Waals surface area contributed by atoms with Crippen LogP contribution >= 0.6 is 0 Å². The second-order valence-corrected chi connectivity index (χ2v) is 7.68. The van der Waals surface area contributed by atoms with Crippen LogP contribution in [0.4, 0.5) is 5.69 Å². The Morgan fingerprint density at radius 1 is 1.03 bits per heavy atom. The predicted molar refractivity (Wildman–Crippen MR) is 127 cm³/mol. The molecule has 1 aliphatic heterocycles. The van der Waals surface area contributed by atoms with Crippen LogP contribution in [0.2, 0.25) is 0 Å². The summed E-state index contributed by atoms with van der Waals surface area (Å²) in [4.78, 5) is 34.1. The van der Waals surface area contributed by atoms with Crippen LogP contribution in [0, 0.1) is 0 Å². The Labute approximate surface area is 190 Å². The minimum Gasteiger partial charge on any atom is -0.370 e. The van der Waals surface area contributed by atoms with E-state index in [4.69, 9.17) is 16.3 Å². The molecule has 1 aromatic heterocycles. The lowest BCUT2D eigenvalue weighted by Crippen LogP contribution is -2.40. The Bertz CT molecular complexity index is 1240. The van der Waals surface area contributed by atoms with Gasteiger partial charge < -0.3 is 21.4 Å². The Balaban J connectivity index is 1.70. The maximum atomic E-state index is 12.7. The Kier molecular flexibility index (Phi) is 5.97. The van der Waals surface area contributed by atoms with E-state index in [0.29, 0.717) is 5.69 Å². The molecular formula is C24H24N6O3. The van der Waals surface area contributed by atoms with E-state index < -0.39 is 11.5 Å². The van der Waals surface area contributed by atoms with Crippen LogP contribution in [-0.2, 0) is 21.0 Å². The van der Waals surface area contributed by atoms with Gasteiger partial charge in [-0.3, -0.25) is 19.9 Å². The number of aromatic nitrogens is 1. The van der Waals surface area contributed by atoms with Gasteiger partial charge in [-0.15, -0.1) is 0 Å². The molecule has 0 saturated heterocycles. The number of hydrogen-bond donors (Lipinski definition) is 4. The number of guanidine groups is 1. The quantitative estimate of drug-likeness (QED) is 0.340. The fourth-order valence-corrected chi connectivity index (χ4v) is 3.58. The standard InChI is InChI=1S/C24H24N6O3/c1-24(12-13-27-33-24)22(32)28-18-9-5-8-17(14-18)20-11-10-19(16-6-3-2-4-7-16)30(20)15-21(31)29-23(25)26/h2-14,27H,15H2,1H3,(H,28,32)(H4,25,26,29,31). The number of hydrogen-bond acceptors (Lipinski definition) is 4. The van der Waals surface area contributed by atoms with Gasteiger partial charge in [-0.25, -0.2) is 0 Å². The molecule has 0 bridgehead atoms. The first-order chi connectivity index (χ1) is 15.9. The number of aliphatic imine (C=N–C) groups is 1. The van der Waals surface area contributed by atoms with Crippen LogP contribution in [0.5, 0.6) is 0 Å². The Morgan fingerprint density at radius 2 is 1.73 bits per heavy atom. The number of nitrogens with one attached hydrogen (secondary N) is 2. The summed E-state index contributed by atoms with van der Waals surface area (Å²) >= 11 is 0. The van der Waals surface area contributed by atoms with Gasteiger partial charge in [0.2, 0.25) is 0 Å². The smallest absolute Gasteiger partial charge is 0.268 e.